The zero-order chi connectivity index (χ0) is 57.1. The lowest BCUT2D eigenvalue weighted by Crippen LogP contribution is -2.45. The normalized spacial score (nSPS) is 12.7. The number of nitrogens with one attached hydrogen (secondary N) is 1. The molecule has 0 saturated carbocycles. The van der Waals surface area contributed by atoms with Gasteiger partial charge in [-0.05, 0) is 64.2 Å². The highest BCUT2D eigenvalue weighted by Gasteiger charge is 2.18. The van der Waals surface area contributed by atoms with Gasteiger partial charge >= 0.3 is 5.97 Å². The molecule has 0 fully saturated rings. The van der Waals surface area contributed by atoms with Crippen molar-refractivity contribution in [2.45, 2.75) is 405 Å². The molecule has 2 unspecified atom stereocenters. The Morgan fingerprint density at radius 3 is 0.987 bits per heavy atom. The van der Waals surface area contributed by atoms with Crippen molar-refractivity contribution in [1.29, 1.82) is 0 Å². The molecule has 3 N–H and O–H groups in total. The van der Waals surface area contributed by atoms with Gasteiger partial charge in [0.05, 0.1) is 25.4 Å². The fraction of sp³-hybridized carbons (Fsp3) is 0.890. The minimum atomic E-state index is -0.847. The summed E-state index contributed by atoms with van der Waals surface area (Å²) in [6, 6.07) is -0.631. The zero-order valence-electron chi connectivity index (χ0n) is 53.4. The summed E-state index contributed by atoms with van der Waals surface area (Å²) in [5, 5.41) is 23.3. The average Bonchev–Trinajstić information content (AvgIpc) is 3.45. The molecule has 0 spiro atoms. The number of amides is 1. The van der Waals surface area contributed by atoms with Crippen LogP contribution in [-0.2, 0) is 14.3 Å². The van der Waals surface area contributed by atoms with Gasteiger partial charge < -0.3 is 20.3 Å². The molecule has 0 heterocycles. The first-order chi connectivity index (χ1) is 39.0. The first-order valence-corrected chi connectivity index (χ1v) is 35.8. The zero-order valence-corrected chi connectivity index (χ0v) is 53.4. The van der Waals surface area contributed by atoms with E-state index in [1.165, 1.54) is 315 Å². The van der Waals surface area contributed by atoms with Crippen LogP contribution in [0.5, 0.6) is 0 Å². The summed E-state index contributed by atoms with van der Waals surface area (Å²) >= 11 is 0. The van der Waals surface area contributed by atoms with E-state index in [1.807, 2.05) is 6.08 Å². The predicted molar refractivity (Wildman–Crippen MR) is 347 cm³/mol. The van der Waals surface area contributed by atoms with Gasteiger partial charge in [0, 0.05) is 12.8 Å². The fourth-order valence-electron chi connectivity index (χ4n) is 11.2. The Morgan fingerprint density at radius 2 is 0.633 bits per heavy atom. The Morgan fingerprint density at radius 1 is 0.354 bits per heavy atom. The number of ether oxygens (including phenoxy) is 1. The third kappa shape index (κ3) is 65.1. The van der Waals surface area contributed by atoms with Gasteiger partial charge in [-0.15, -0.1) is 0 Å². The van der Waals surface area contributed by atoms with Crippen LogP contribution in [0.3, 0.4) is 0 Å². The lowest BCUT2D eigenvalue weighted by Gasteiger charge is -2.20. The molecule has 466 valence electrons. The van der Waals surface area contributed by atoms with Crippen molar-refractivity contribution < 1.29 is 24.5 Å². The smallest absolute Gasteiger partial charge is 0.305 e. The van der Waals surface area contributed by atoms with Gasteiger partial charge in [-0.3, -0.25) is 9.59 Å². The maximum Gasteiger partial charge on any atom is 0.305 e. The second kappa shape index (κ2) is 68.6. The van der Waals surface area contributed by atoms with Crippen molar-refractivity contribution in [1.82, 2.24) is 5.32 Å². The van der Waals surface area contributed by atoms with E-state index in [1.54, 1.807) is 6.08 Å². The number of aliphatic hydroxyl groups excluding tert-OH is 2. The van der Waals surface area contributed by atoms with Gasteiger partial charge in [0.25, 0.3) is 0 Å². The van der Waals surface area contributed by atoms with Crippen LogP contribution in [0.1, 0.15) is 393 Å². The molecule has 0 saturated heterocycles. The van der Waals surface area contributed by atoms with Gasteiger partial charge in [-0.25, -0.2) is 0 Å². The molecule has 2 atom stereocenters. The first kappa shape index (κ1) is 77.1. The molecule has 0 aromatic carbocycles. The molecular weight excluding hydrogens is 971 g/mol. The van der Waals surface area contributed by atoms with E-state index < -0.39 is 12.1 Å². The third-order valence-electron chi connectivity index (χ3n) is 16.7. The molecule has 0 aliphatic rings. The monoisotopic (exact) mass is 1110 g/mol. The van der Waals surface area contributed by atoms with Crippen LogP contribution in [0.4, 0.5) is 0 Å². The highest BCUT2D eigenvalue weighted by Crippen LogP contribution is 2.19. The molecular formula is C73H139NO5. The maximum absolute atomic E-state index is 12.5. The van der Waals surface area contributed by atoms with Gasteiger partial charge in [0.15, 0.2) is 0 Å². The number of hydrogen-bond donors (Lipinski definition) is 3. The molecule has 0 rings (SSSR count). The minimum Gasteiger partial charge on any atom is -0.466 e. The van der Waals surface area contributed by atoms with E-state index in [0.29, 0.717) is 19.4 Å². The molecule has 6 heteroatoms. The molecule has 0 radical (unpaired) electrons. The van der Waals surface area contributed by atoms with Crippen molar-refractivity contribution in [2.75, 3.05) is 13.2 Å². The molecule has 6 nitrogen and oxygen atoms in total. The topological polar surface area (TPSA) is 95.9 Å². The van der Waals surface area contributed by atoms with E-state index >= 15 is 0 Å². The van der Waals surface area contributed by atoms with Crippen molar-refractivity contribution in [3.8, 4) is 0 Å². The second-order valence-corrected chi connectivity index (χ2v) is 24.6. The second-order valence-electron chi connectivity index (χ2n) is 24.6. The number of carbonyl (C=O) groups is 2. The first-order valence-electron chi connectivity index (χ1n) is 35.8. The molecule has 0 aliphatic heterocycles. The standard InChI is InChI=1S/C73H139NO5/c1-3-5-7-9-11-13-15-17-19-21-22-23-24-25-27-30-34-37-41-45-49-53-57-61-65-71(76)70(69-75)74-72(77)66-62-58-54-50-46-42-38-35-31-28-26-29-32-36-40-44-48-52-56-60-64-68-79-73(78)67-63-59-55-51-47-43-39-33-20-18-16-14-12-10-8-6-4-2/h12,14,18,20,61,65,70-71,75-76H,3-11,13,15-17,19,21-60,62-64,66-69H2,1-2H3,(H,74,77)/b14-12-,20-18-,65-61+. The Balaban J connectivity index is 3.41. The molecule has 0 aromatic rings. The van der Waals surface area contributed by atoms with Crippen molar-refractivity contribution >= 4 is 11.9 Å². The summed E-state index contributed by atoms with van der Waals surface area (Å²) in [4.78, 5) is 24.6. The van der Waals surface area contributed by atoms with Gasteiger partial charge in [-0.2, -0.15) is 0 Å². The molecule has 0 bridgehead atoms. The molecule has 79 heavy (non-hydrogen) atoms. The largest absolute Gasteiger partial charge is 0.466 e. The highest BCUT2D eigenvalue weighted by molar-refractivity contribution is 5.76. The lowest BCUT2D eigenvalue weighted by molar-refractivity contribution is -0.143. The Labute approximate surface area is 494 Å². The van der Waals surface area contributed by atoms with Gasteiger partial charge in [0.2, 0.25) is 5.91 Å². The summed E-state index contributed by atoms with van der Waals surface area (Å²) < 4.78 is 5.50. The number of rotatable bonds is 67. The summed E-state index contributed by atoms with van der Waals surface area (Å²) in [5.74, 6) is -0.0606. The van der Waals surface area contributed by atoms with E-state index in [4.69, 9.17) is 4.74 Å². The summed E-state index contributed by atoms with van der Waals surface area (Å²) in [6.45, 7) is 4.91. The summed E-state index contributed by atoms with van der Waals surface area (Å²) in [6.07, 6.45) is 87.9. The fourth-order valence-corrected chi connectivity index (χ4v) is 11.2. The number of allylic oxidation sites excluding steroid dienone is 5. The third-order valence-corrected chi connectivity index (χ3v) is 16.7. The van der Waals surface area contributed by atoms with Crippen LogP contribution in [0.15, 0.2) is 36.5 Å². The lowest BCUT2D eigenvalue weighted by atomic mass is 10.0. The van der Waals surface area contributed by atoms with Crippen molar-refractivity contribution in [3.05, 3.63) is 36.5 Å². The Kier molecular flexibility index (Phi) is 66.9. The average molecular weight is 1110 g/mol. The number of aliphatic hydroxyl groups is 2. The van der Waals surface area contributed by atoms with Gasteiger partial charge in [-0.1, -0.05) is 352 Å². The summed E-state index contributed by atoms with van der Waals surface area (Å²) in [5.41, 5.74) is 0. The quantitative estimate of drug-likeness (QED) is 0.0320. The van der Waals surface area contributed by atoms with Crippen LogP contribution in [0.2, 0.25) is 0 Å². The van der Waals surface area contributed by atoms with Crippen molar-refractivity contribution in [3.63, 3.8) is 0 Å². The molecule has 0 aliphatic carbocycles. The van der Waals surface area contributed by atoms with Crippen LogP contribution in [0.25, 0.3) is 0 Å². The molecule has 0 aromatic heterocycles. The van der Waals surface area contributed by atoms with E-state index in [2.05, 4.69) is 43.5 Å². The highest BCUT2D eigenvalue weighted by atomic mass is 16.5. The van der Waals surface area contributed by atoms with Crippen LogP contribution >= 0.6 is 0 Å². The SMILES string of the molecule is CCCCC/C=C\C/C=C\CCCCCCCCCC(=O)OCCCCCCCCCCCCCCCCCCCCCCCC(=O)NC(CO)C(O)/C=C/CCCCCCCCCCCCCCCCCCCCCCCC. The van der Waals surface area contributed by atoms with Crippen molar-refractivity contribution in [2.24, 2.45) is 0 Å². The maximum atomic E-state index is 12.5. The number of unbranched alkanes of at least 4 members (excludes halogenated alkanes) is 52. The van der Waals surface area contributed by atoms with E-state index in [0.717, 1.165) is 51.4 Å². The van der Waals surface area contributed by atoms with E-state index in [9.17, 15) is 19.8 Å². The Bertz CT molecular complexity index is 1280. The van der Waals surface area contributed by atoms with Crippen LogP contribution in [0, 0.1) is 0 Å². The summed E-state index contributed by atoms with van der Waals surface area (Å²) in [7, 11) is 0. The van der Waals surface area contributed by atoms with E-state index in [-0.39, 0.29) is 18.5 Å². The van der Waals surface area contributed by atoms with Crippen LogP contribution < -0.4 is 5.32 Å². The predicted octanol–water partition coefficient (Wildman–Crippen LogP) is 23.1. The number of esters is 1. The van der Waals surface area contributed by atoms with Gasteiger partial charge in [0.1, 0.15) is 0 Å². The number of carbonyl (C=O) groups excluding carboxylic acids is 2. The number of hydrogen-bond acceptors (Lipinski definition) is 5. The molecule has 1 amide bonds. The van der Waals surface area contributed by atoms with Crippen LogP contribution in [-0.4, -0.2) is 47.4 Å². The minimum absolute atomic E-state index is 0.00436. The Hall–Kier alpha value is -1.92.